The van der Waals surface area contributed by atoms with Crippen LogP contribution in [-0.4, -0.2) is 33.2 Å². The summed E-state index contributed by atoms with van der Waals surface area (Å²) in [6, 6.07) is 4.73. The van der Waals surface area contributed by atoms with Crippen LogP contribution in [0, 0.1) is 6.92 Å². The molecule has 0 aromatic heterocycles. The third-order valence-corrected chi connectivity index (χ3v) is 2.02. The van der Waals surface area contributed by atoms with Gasteiger partial charge in [-0.2, -0.15) is 8.42 Å². The van der Waals surface area contributed by atoms with E-state index in [0.717, 1.165) is 18.9 Å². The molecule has 5 nitrogen and oxygen atoms in total. The quantitative estimate of drug-likeness (QED) is 0.672. The second kappa shape index (κ2) is 9.61. The Hall–Kier alpha value is -1.40. The van der Waals surface area contributed by atoms with Gasteiger partial charge in [-0.3, -0.25) is 4.79 Å². The Morgan fingerprint density at radius 2 is 1.72 bits per heavy atom. The number of rotatable bonds is 3. The number of aryl methyl sites for hydroxylation is 1. The Balaban J connectivity index is 0. The molecule has 0 unspecified atom stereocenters. The minimum atomic E-state index is -3.59. The van der Waals surface area contributed by atoms with Gasteiger partial charge in [0.1, 0.15) is 0 Å². The van der Waals surface area contributed by atoms with Crippen molar-refractivity contribution in [3.05, 3.63) is 29.3 Å². The van der Waals surface area contributed by atoms with E-state index in [2.05, 4.69) is 4.18 Å². The maximum absolute atomic E-state index is 10.8. The number of hydrogen-bond donors (Lipinski definition) is 1. The first-order valence-corrected chi connectivity index (χ1v) is 7.14. The predicted octanol–water partition coefficient (Wildman–Crippen LogP) is 1.78. The Kier molecular flexibility index (Phi) is 10.1. The summed E-state index contributed by atoms with van der Waals surface area (Å²) in [5, 5.41) is 7.00. The molecule has 0 spiro atoms. The molecule has 0 aliphatic heterocycles. The van der Waals surface area contributed by atoms with Gasteiger partial charge in [0.15, 0.2) is 12.0 Å². The maximum atomic E-state index is 10.8. The highest BCUT2D eigenvalue weighted by Crippen LogP contribution is 2.19. The van der Waals surface area contributed by atoms with Crippen molar-refractivity contribution >= 4 is 16.4 Å². The molecule has 0 atom stereocenters. The van der Waals surface area contributed by atoms with E-state index in [-0.39, 0.29) is 11.3 Å². The molecular weight excluding hydrogens is 256 g/mol. The lowest BCUT2D eigenvalue weighted by atomic mass is 10.1. The van der Waals surface area contributed by atoms with E-state index < -0.39 is 10.1 Å². The molecule has 0 amide bonds. The number of aliphatic hydroxyl groups is 1. The van der Waals surface area contributed by atoms with E-state index in [1.54, 1.807) is 13.0 Å². The predicted molar refractivity (Wildman–Crippen MR) is 71.5 cm³/mol. The first-order valence-electron chi connectivity index (χ1n) is 5.32. The van der Waals surface area contributed by atoms with Gasteiger partial charge in [-0.25, -0.2) is 0 Å². The van der Waals surface area contributed by atoms with E-state index >= 15 is 0 Å². The SMILES string of the molecule is CC.CO.Cc1ccc(C=O)c(OS(C)(=O)=O)c1. The summed E-state index contributed by atoms with van der Waals surface area (Å²) in [4.78, 5) is 10.5. The lowest BCUT2D eigenvalue weighted by Crippen LogP contribution is -2.07. The molecule has 18 heavy (non-hydrogen) atoms. The molecule has 104 valence electrons. The average molecular weight is 276 g/mol. The number of carbonyl (C=O) groups is 1. The second-order valence-corrected chi connectivity index (χ2v) is 4.52. The fourth-order valence-electron chi connectivity index (χ4n) is 0.974. The lowest BCUT2D eigenvalue weighted by molar-refractivity contribution is 0.112. The van der Waals surface area contributed by atoms with Gasteiger partial charge in [0.2, 0.25) is 0 Å². The highest BCUT2D eigenvalue weighted by molar-refractivity contribution is 7.86. The van der Waals surface area contributed by atoms with E-state index in [0.29, 0.717) is 6.29 Å². The highest BCUT2D eigenvalue weighted by atomic mass is 32.2. The van der Waals surface area contributed by atoms with Crippen LogP contribution < -0.4 is 4.18 Å². The van der Waals surface area contributed by atoms with Crippen molar-refractivity contribution in [3.8, 4) is 5.75 Å². The van der Waals surface area contributed by atoms with Crippen LogP contribution in [-0.2, 0) is 10.1 Å². The van der Waals surface area contributed by atoms with Crippen LogP contribution in [0.3, 0.4) is 0 Å². The van der Waals surface area contributed by atoms with Crippen molar-refractivity contribution in [1.82, 2.24) is 0 Å². The minimum Gasteiger partial charge on any atom is -0.400 e. The number of benzene rings is 1. The van der Waals surface area contributed by atoms with Crippen LogP contribution >= 0.6 is 0 Å². The molecule has 0 aliphatic carbocycles. The molecule has 1 rings (SSSR count). The van der Waals surface area contributed by atoms with Gasteiger partial charge >= 0.3 is 10.1 Å². The third-order valence-electron chi connectivity index (χ3n) is 1.54. The first-order chi connectivity index (χ1) is 8.42. The van der Waals surface area contributed by atoms with Gasteiger partial charge in [-0.1, -0.05) is 19.9 Å². The van der Waals surface area contributed by atoms with Crippen LogP contribution in [0.15, 0.2) is 18.2 Å². The van der Waals surface area contributed by atoms with Gasteiger partial charge in [-0.15, -0.1) is 0 Å². The molecule has 0 saturated carbocycles. The van der Waals surface area contributed by atoms with E-state index in [4.69, 9.17) is 5.11 Å². The number of aldehydes is 1. The fourth-order valence-corrected chi connectivity index (χ4v) is 1.44. The van der Waals surface area contributed by atoms with Crippen molar-refractivity contribution in [2.24, 2.45) is 0 Å². The van der Waals surface area contributed by atoms with Crippen molar-refractivity contribution in [3.63, 3.8) is 0 Å². The Morgan fingerprint density at radius 3 is 2.11 bits per heavy atom. The monoisotopic (exact) mass is 276 g/mol. The summed E-state index contributed by atoms with van der Waals surface area (Å²) in [5.41, 5.74) is 1.05. The van der Waals surface area contributed by atoms with Crippen LogP contribution in [0.25, 0.3) is 0 Å². The molecule has 1 aromatic carbocycles. The molecule has 0 heterocycles. The average Bonchev–Trinajstić information content (AvgIpc) is 2.32. The summed E-state index contributed by atoms with van der Waals surface area (Å²) in [7, 11) is -2.59. The van der Waals surface area contributed by atoms with Gasteiger partial charge in [0.05, 0.1) is 11.8 Å². The Bertz CT molecular complexity index is 452. The molecule has 0 aliphatic rings. The zero-order valence-corrected chi connectivity index (χ0v) is 12.1. The number of carbonyl (C=O) groups excluding carboxylic acids is 1. The zero-order valence-electron chi connectivity index (χ0n) is 11.3. The largest absolute Gasteiger partial charge is 0.400 e. The second-order valence-electron chi connectivity index (χ2n) is 2.95. The molecule has 1 N–H and O–H groups in total. The van der Waals surface area contributed by atoms with Gasteiger partial charge in [-0.05, 0) is 24.6 Å². The summed E-state index contributed by atoms with van der Waals surface area (Å²) >= 11 is 0. The molecule has 0 saturated heterocycles. The van der Waals surface area contributed by atoms with Crippen molar-refractivity contribution in [1.29, 1.82) is 0 Å². The Morgan fingerprint density at radius 1 is 1.22 bits per heavy atom. The lowest BCUT2D eigenvalue weighted by Gasteiger charge is -2.05. The van der Waals surface area contributed by atoms with E-state index in [1.807, 2.05) is 13.8 Å². The molecular formula is C12H20O5S. The van der Waals surface area contributed by atoms with Crippen LogP contribution in [0.4, 0.5) is 0 Å². The molecule has 0 bridgehead atoms. The van der Waals surface area contributed by atoms with Crippen LogP contribution in [0.1, 0.15) is 29.8 Å². The summed E-state index contributed by atoms with van der Waals surface area (Å²) in [6.45, 7) is 5.78. The normalized spacial score (nSPS) is 9.22. The zero-order chi connectivity index (χ0) is 14.8. The molecule has 0 fully saturated rings. The molecule has 1 aromatic rings. The third kappa shape index (κ3) is 7.81. The van der Waals surface area contributed by atoms with Gasteiger partial charge < -0.3 is 9.29 Å². The van der Waals surface area contributed by atoms with Gasteiger partial charge in [0.25, 0.3) is 0 Å². The number of hydrogen-bond acceptors (Lipinski definition) is 5. The molecule has 6 heteroatoms. The van der Waals surface area contributed by atoms with Crippen molar-refractivity contribution in [2.45, 2.75) is 20.8 Å². The highest BCUT2D eigenvalue weighted by Gasteiger charge is 2.09. The summed E-state index contributed by atoms with van der Waals surface area (Å²) < 4.78 is 26.3. The van der Waals surface area contributed by atoms with Gasteiger partial charge in [0, 0.05) is 7.11 Å². The van der Waals surface area contributed by atoms with Crippen molar-refractivity contribution in [2.75, 3.05) is 13.4 Å². The van der Waals surface area contributed by atoms with Crippen LogP contribution in [0.5, 0.6) is 5.75 Å². The topological polar surface area (TPSA) is 80.7 Å². The smallest absolute Gasteiger partial charge is 0.306 e. The fraction of sp³-hybridized carbons (Fsp3) is 0.417. The summed E-state index contributed by atoms with van der Waals surface area (Å²) in [6.07, 6.45) is 1.49. The summed E-state index contributed by atoms with van der Waals surface area (Å²) in [5.74, 6) is 0.0718. The Labute approximate surface area is 109 Å². The number of aliphatic hydroxyl groups excluding tert-OH is 1. The standard InChI is InChI=1S/C9H10O4S.C2H6.CH4O/c1-7-3-4-8(6-10)9(5-7)13-14(2,11)12;2*1-2/h3-6H,1-2H3;1-2H3;2H,1H3. The van der Waals surface area contributed by atoms with Crippen molar-refractivity contribution < 1.29 is 22.5 Å². The van der Waals surface area contributed by atoms with Crippen LogP contribution in [0.2, 0.25) is 0 Å². The molecule has 0 radical (unpaired) electrons. The minimum absolute atomic E-state index is 0.0718. The maximum Gasteiger partial charge on any atom is 0.306 e. The van der Waals surface area contributed by atoms with E-state index in [1.165, 1.54) is 12.1 Å². The first kappa shape index (κ1) is 19.0. The van der Waals surface area contributed by atoms with E-state index in [9.17, 15) is 13.2 Å².